The molecule has 1 saturated heterocycles. The third kappa shape index (κ3) is 4.11. The summed E-state index contributed by atoms with van der Waals surface area (Å²) in [5.74, 6) is 0.222. The maximum absolute atomic E-state index is 13.5. The number of hydrogen-bond acceptors (Lipinski definition) is 6. The number of alkyl halides is 3. The van der Waals surface area contributed by atoms with Crippen LogP contribution in [0.1, 0.15) is 30.5 Å². The zero-order valence-corrected chi connectivity index (χ0v) is 18.0. The van der Waals surface area contributed by atoms with Crippen LogP contribution in [0.5, 0.6) is 0 Å². The predicted octanol–water partition coefficient (Wildman–Crippen LogP) is 2.43. The van der Waals surface area contributed by atoms with E-state index in [-0.39, 0.29) is 23.8 Å². The Balaban J connectivity index is 1.33. The molecule has 0 aromatic heterocycles. The molecule has 4 aliphatic heterocycles. The van der Waals surface area contributed by atoms with Crippen molar-refractivity contribution in [3.63, 3.8) is 0 Å². The number of amides is 1. The molecule has 3 unspecified atom stereocenters. The maximum atomic E-state index is 13.5. The van der Waals surface area contributed by atoms with Gasteiger partial charge in [0.15, 0.2) is 0 Å². The van der Waals surface area contributed by atoms with Gasteiger partial charge in [0.1, 0.15) is 23.8 Å². The minimum atomic E-state index is -4.47. The predicted molar refractivity (Wildman–Crippen MR) is 116 cm³/mol. The molecule has 3 atom stereocenters. The van der Waals surface area contributed by atoms with Crippen molar-refractivity contribution in [1.82, 2.24) is 31.3 Å². The second kappa shape index (κ2) is 8.27. The van der Waals surface area contributed by atoms with E-state index in [1.807, 2.05) is 12.2 Å². The van der Waals surface area contributed by atoms with Gasteiger partial charge in [-0.25, -0.2) is 5.43 Å². The lowest BCUT2D eigenvalue weighted by Crippen LogP contribution is -2.54. The highest BCUT2D eigenvalue weighted by Crippen LogP contribution is 2.36. The fraction of sp³-hybridized carbons (Fsp3) is 0.348. The monoisotopic (exact) mass is 458 g/mol. The standard InChI is InChI=1S/C23H25F3N6O/c1-14-21(22(33)29-18-8-4-9-19(28-18)31-12-5-13-31)32-20(27-14)11-10-17(30-32)15-6-2-3-7-16(15)23(24,25)26/h2-4,6-11,17,19-20,27-28,30H,5,12-13H2,1H3,(H,29,33). The molecule has 1 fully saturated rings. The highest BCUT2D eigenvalue weighted by atomic mass is 19.4. The molecule has 0 bridgehead atoms. The first-order chi connectivity index (χ1) is 15.8. The summed E-state index contributed by atoms with van der Waals surface area (Å²) < 4.78 is 40.6. The molecule has 7 nitrogen and oxygen atoms in total. The molecule has 0 saturated carbocycles. The summed E-state index contributed by atoms with van der Waals surface area (Å²) in [7, 11) is 0. The summed E-state index contributed by atoms with van der Waals surface area (Å²) in [6.45, 7) is 3.78. The van der Waals surface area contributed by atoms with E-state index < -0.39 is 17.8 Å². The quantitative estimate of drug-likeness (QED) is 0.520. The normalized spacial score (nSPS) is 26.8. The van der Waals surface area contributed by atoms with Gasteiger partial charge in [-0.05, 0) is 43.2 Å². The van der Waals surface area contributed by atoms with Gasteiger partial charge in [0, 0.05) is 18.8 Å². The maximum Gasteiger partial charge on any atom is 0.416 e. The Morgan fingerprint density at radius 3 is 2.61 bits per heavy atom. The summed E-state index contributed by atoms with van der Waals surface area (Å²) in [5.41, 5.74) is 3.45. The Bertz CT molecular complexity index is 1070. The molecule has 4 N–H and O–H groups in total. The van der Waals surface area contributed by atoms with Crippen LogP contribution in [0.25, 0.3) is 0 Å². The molecular formula is C23H25F3N6O. The van der Waals surface area contributed by atoms with Crippen molar-refractivity contribution in [3.8, 4) is 0 Å². The summed E-state index contributed by atoms with van der Waals surface area (Å²) in [6, 6.07) is 4.72. The molecule has 1 aromatic carbocycles. The van der Waals surface area contributed by atoms with Gasteiger partial charge in [-0.2, -0.15) is 13.2 Å². The highest BCUT2D eigenvalue weighted by molar-refractivity contribution is 5.95. The number of dihydropyridines is 1. The van der Waals surface area contributed by atoms with E-state index in [1.165, 1.54) is 12.1 Å². The molecule has 174 valence electrons. The minimum Gasteiger partial charge on any atom is -0.363 e. The topological polar surface area (TPSA) is 71.7 Å². The van der Waals surface area contributed by atoms with Gasteiger partial charge in [-0.15, -0.1) is 0 Å². The van der Waals surface area contributed by atoms with Crippen molar-refractivity contribution < 1.29 is 18.0 Å². The van der Waals surface area contributed by atoms with E-state index >= 15 is 0 Å². The van der Waals surface area contributed by atoms with E-state index in [2.05, 4.69) is 26.3 Å². The summed E-state index contributed by atoms with van der Waals surface area (Å²) in [6.07, 6.45) is 5.51. The van der Waals surface area contributed by atoms with E-state index in [0.29, 0.717) is 17.2 Å². The number of rotatable bonds is 4. The third-order valence-electron chi connectivity index (χ3n) is 6.21. The van der Waals surface area contributed by atoms with Crippen molar-refractivity contribution in [2.75, 3.05) is 13.1 Å². The molecule has 1 amide bonds. The van der Waals surface area contributed by atoms with Gasteiger partial charge in [-0.1, -0.05) is 30.4 Å². The molecule has 5 rings (SSSR count). The van der Waals surface area contributed by atoms with Crippen LogP contribution in [0.3, 0.4) is 0 Å². The molecular weight excluding hydrogens is 433 g/mol. The van der Waals surface area contributed by atoms with Crippen LogP contribution >= 0.6 is 0 Å². The van der Waals surface area contributed by atoms with Crippen molar-refractivity contribution >= 4 is 5.91 Å². The van der Waals surface area contributed by atoms with Crippen LogP contribution in [0.4, 0.5) is 13.2 Å². The number of allylic oxidation sites excluding steroid dienone is 3. The van der Waals surface area contributed by atoms with Crippen LogP contribution in [0.15, 0.2) is 71.9 Å². The number of nitrogens with one attached hydrogen (secondary N) is 4. The molecule has 1 aromatic rings. The fourth-order valence-corrected chi connectivity index (χ4v) is 4.45. The fourth-order valence-electron chi connectivity index (χ4n) is 4.45. The molecule has 33 heavy (non-hydrogen) atoms. The van der Waals surface area contributed by atoms with Crippen LogP contribution in [0.2, 0.25) is 0 Å². The second-order valence-corrected chi connectivity index (χ2v) is 8.41. The van der Waals surface area contributed by atoms with E-state index in [1.54, 1.807) is 36.2 Å². The van der Waals surface area contributed by atoms with Crippen molar-refractivity contribution in [2.45, 2.75) is 37.9 Å². The summed E-state index contributed by atoms with van der Waals surface area (Å²) >= 11 is 0. The van der Waals surface area contributed by atoms with Gasteiger partial charge < -0.3 is 16.0 Å². The van der Waals surface area contributed by atoms with Gasteiger partial charge in [-0.3, -0.25) is 14.7 Å². The van der Waals surface area contributed by atoms with Crippen LogP contribution in [0, 0.1) is 0 Å². The largest absolute Gasteiger partial charge is 0.416 e. The molecule has 10 heteroatoms. The molecule has 4 heterocycles. The number of hydrogen-bond donors (Lipinski definition) is 4. The van der Waals surface area contributed by atoms with Crippen molar-refractivity contribution in [3.05, 3.63) is 83.0 Å². The Morgan fingerprint density at radius 2 is 1.88 bits per heavy atom. The number of carbonyl (C=O) groups excluding carboxylic acids is 1. The van der Waals surface area contributed by atoms with Crippen molar-refractivity contribution in [2.24, 2.45) is 0 Å². The van der Waals surface area contributed by atoms with Crippen LogP contribution in [-0.2, 0) is 11.0 Å². The zero-order valence-electron chi connectivity index (χ0n) is 18.0. The lowest BCUT2D eigenvalue weighted by Gasteiger charge is -2.39. The van der Waals surface area contributed by atoms with E-state index in [9.17, 15) is 18.0 Å². The van der Waals surface area contributed by atoms with Gasteiger partial charge >= 0.3 is 6.18 Å². The molecule has 4 aliphatic rings. The number of likely N-dealkylation sites (tertiary alicyclic amines) is 1. The molecule has 0 radical (unpaired) electrons. The van der Waals surface area contributed by atoms with Gasteiger partial charge in [0.05, 0.1) is 11.6 Å². The average molecular weight is 458 g/mol. The van der Waals surface area contributed by atoms with E-state index in [0.717, 1.165) is 25.6 Å². The SMILES string of the molecule is CC1=C(C(=O)NC2=CC=CC(N3CCC3)N2)N2NC(c3ccccc3C(F)(F)F)C=CC2N1. The van der Waals surface area contributed by atoms with Gasteiger partial charge in [0.25, 0.3) is 5.91 Å². The Labute approximate surface area is 189 Å². The van der Waals surface area contributed by atoms with Crippen LogP contribution < -0.4 is 21.4 Å². The summed E-state index contributed by atoms with van der Waals surface area (Å²) in [5, 5.41) is 11.0. The van der Waals surface area contributed by atoms with Crippen LogP contribution in [-0.4, -0.2) is 41.2 Å². The summed E-state index contributed by atoms with van der Waals surface area (Å²) in [4.78, 5) is 15.5. The highest BCUT2D eigenvalue weighted by Gasteiger charge is 2.39. The van der Waals surface area contributed by atoms with E-state index in [4.69, 9.17) is 0 Å². The Morgan fingerprint density at radius 1 is 1.09 bits per heavy atom. The first kappa shape index (κ1) is 21.6. The first-order valence-corrected chi connectivity index (χ1v) is 10.9. The Kier molecular flexibility index (Phi) is 5.41. The zero-order chi connectivity index (χ0) is 23.2. The number of carbonyl (C=O) groups is 1. The number of fused-ring (bicyclic) bond motifs is 1. The second-order valence-electron chi connectivity index (χ2n) is 8.41. The minimum absolute atomic E-state index is 0.0304. The number of halogens is 3. The van der Waals surface area contributed by atoms with Gasteiger partial charge in [0.2, 0.25) is 0 Å². The lowest BCUT2D eigenvalue weighted by atomic mass is 9.99. The average Bonchev–Trinajstić information content (AvgIpc) is 3.07. The lowest BCUT2D eigenvalue weighted by molar-refractivity contribution is -0.138. The number of nitrogens with zero attached hydrogens (tertiary/aromatic N) is 2. The molecule has 0 spiro atoms. The molecule has 0 aliphatic carbocycles. The number of benzene rings is 1. The Hall–Kier alpha value is -3.24. The third-order valence-corrected chi connectivity index (χ3v) is 6.21. The first-order valence-electron chi connectivity index (χ1n) is 10.9. The smallest absolute Gasteiger partial charge is 0.363 e. The van der Waals surface area contributed by atoms with Crippen molar-refractivity contribution in [1.29, 1.82) is 0 Å². The number of hydrazine groups is 1.